The molecule has 21 heavy (non-hydrogen) atoms. The Balaban J connectivity index is 1.67. The van der Waals surface area contributed by atoms with Crippen molar-refractivity contribution in [2.45, 2.75) is 6.54 Å². The molecule has 0 saturated carbocycles. The van der Waals surface area contributed by atoms with Gasteiger partial charge in [0, 0.05) is 11.8 Å². The van der Waals surface area contributed by atoms with Crippen LogP contribution in [0.15, 0.2) is 59.3 Å². The van der Waals surface area contributed by atoms with E-state index in [4.69, 9.17) is 4.52 Å². The fourth-order valence-corrected chi connectivity index (χ4v) is 1.77. The van der Waals surface area contributed by atoms with Crippen LogP contribution in [-0.2, 0) is 6.54 Å². The number of amides is 1. The average molecular weight is 280 g/mol. The molecule has 1 amide bonds. The fraction of sp³-hybridized carbons (Fsp3) is 0.0667. The lowest BCUT2D eigenvalue weighted by molar-refractivity contribution is 0.0906. The van der Waals surface area contributed by atoms with Crippen molar-refractivity contribution in [2.75, 3.05) is 0 Å². The van der Waals surface area contributed by atoms with Crippen LogP contribution in [0.3, 0.4) is 0 Å². The molecule has 0 aliphatic carbocycles. The number of nitrogens with one attached hydrogen (secondary N) is 1. The number of hydrogen-bond donors (Lipinski definition) is 1. The molecule has 0 unspecified atom stereocenters. The van der Waals surface area contributed by atoms with E-state index in [2.05, 4.69) is 20.4 Å². The summed E-state index contributed by atoms with van der Waals surface area (Å²) in [6, 6.07) is 14.8. The maximum absolute atomic E-state index is 11.9. The predicted octanol–water partition coefficient (Wildman–Crippen LogP) is 2.06. The Bertz CT molecular complexity index is 726. The van der Waals surface area contributed by atoms with Gasteiger partial charge in [-0.05, 0) is 12.1 Å². The maximum Gasteiger partial charge on any atom is 0.316 e. The third-order valence-electron chi connectivity index (χ3n) is 2.81. The van der Waals surface area contributed by atoms with E-state index in [1.165, 1.54) is 0 Å². The Morgan fingerprint density at radius 3 is 2.67 bits per heavy atom. The highest BCUT2D eigenvalue weighted by molar-refractivity contribution is 5.89. The zero-order valence-electron chi connectivity index (χ0n) is 11.1. The molecule has 0 radical (unpaired) electrons. The minimum Gasteiger partial charge on any atom is -0.342 e. The summed E-state index contributed by atoms with van der Waals surface area (Å²) in [5, 5.41) is 6.48. The molecule has 0 spiro atoms. The highest BCUT2D eigenvalue weighted by Crippen LogP contribution is 2.14. The summed E-state index contributed by atoms with van der Waals surface area (Å²) in [4.78, 5) is 20.1. The van der Waals surface area contributed by atoms with Gasteiger partial charge in [-0.25, -0.2) is 0 Å². The third kappa shape index (κ3) is 3.11. The summed E-state index contributed by atoms with van der Waals surface area (Å²) in [7, 11) is 0. The minimum absolute atomic E-state index is 0.0650. The first-order chi connectivity index (χ1) is 10.3. The van der Waals surface area contributed by atoms with Crippen LogP contribution < -0.4 is 5.32 Å². The van der Waals surface area contributed by atoms with Crippen LogP contribution in [0.1, 0.15) is 16.4 Å². The Hall–Kier alpha value is -3.02. The van der Waals surface area contributed by atoms with E-state index in [1.54, 1.807) is 6.20 Å². The predicted molar refractivity (Wildman–Crippen MR) is 75.1 cm³/mol. The molecule has 3 aromatic rings. The van der Waals surface area contributed by atoms with Crippen molar-refractivity contribution < 1.29 is 9.32 Å². The van der Waals surface area contributed by atoms with Gasteiger partial charge < -0.3 is 9.84 Å². The molecule has 0 fully saturated rings. The summed E-state index contributed by atoms with van der Waals surface area (Å²) in [6.45, 7) is 0.308. The molecule has 0 saturated heterocycles. The Kier molecular flexibility index (Phi) is 3.68. The zero-order valence-corrected chi connectivity index (χ0v) is 11.1. The summed E-state index contributed by atoms with van der Waals surface area (Å²) in [6.07, 6.45) is 1.67. The first kappa shape index (κ1) is 13.0. The van der Waals surface area contributed by atoms with E-state index in [0.717, 1.165) is 11.3 Å². The van der Waals surface area contributed by atoms with Gasteiger partial charge in [0.1, 0.15) is 0 Å². The molecular weight excluding hydrogens is 268 g/mol. The van der Waals surface area contributed by atoms with Crippen LogP contribution in [-0.4, -0.2) is 21.0 Å². The van der Waals surface area contributed by atoms with Crippen molar-refractivity contribution in [1.82, 2.24) is 20.4 Å². The number of pyridine rings is 1. The second-order valence-electron chi connectivity index (χ2n) is 4.29. The van der Waals surface area contributed by atoms with Gasteiger partial charge in [0.05, 0.1) is 12.2 Å². The molecule has 1 aromatic carbocycles. The van der Waals surface area contributed by atoms with Crippen molar-refractivity contribution in [3.8, 4) is 11.4 Å². The van der Waals surface area contributed by atoms with Gasteiger partial charge in [-0.2, -0.15) is 4.98 Å². The van der Waals surface area contributed by atoms with E-state index < -0.39 is 5.91 Å². The van der Waals surface area contributed by atoms with E-state index in [-0.39, 0.29) is 5.89 Å². The molecule has 0 aliphatic rings. The quantitative estimate of drug-likeness (QED) is 0.791. The van der Waals surface area contributed by atoms with Crippen LogP contribution >= 0.6 is 0 Å². The van der Waals surface area contributed by atoms with Crippen LogP contribution in [0, 0.1) is 0 Å². The zero-order chi connectivity index (χ0) is 14.5. The van der Waals surface area contributed by atoms with Gasteiger partial charge >= 0.3 is 11.8 Å². The highest BCUT2D eigenvalue weighted by Gasteiger charge is 2.15. The number of carbonyl (C=O) groups is 1. The molecule has 3 rings (SSSR count). The van der Waals surface area contributed by atoms with E-state index >= 15 is 0 Å². The van der Waals surface area contributed by atoms with Crippen molar-refractivity contribution in [3.63, 3.8) is 0 Å². The Labute approximate surface area is 120 Å². The van der Waals surface area contributed by atoms with Gasteiger partial charge in [-0.1, -0.05) is 41.6 Å². The molecule has 6 heteroatoms. The van der Waals surface area contributed by atoms with Crippen molar-refractivity contribution >= 4 is 5.91 Å². The summed E-state index contributed by atoms with van der Waals surface area (Å²) >= 11 is 0. The Morgan fingerprint density at radius 2 is 1.90 bits per heavy atom. The lowest BCUT2D eigenvalue weighted by Crippen LogP contribution is -2.23. The molecule has 6 nitrogen and oxygen atoms in total. The minimum atomic E-state index is -0.421. The monoisotopic (exact) mass is 280 g/mol. The van der Waals surface area contributed by atoms with Gasteiger partial charge in [0.15, 0.2) is 0 Å². The summed E-state index contributed by atoms with van der Waals surface area (Å²) < 4.78 is 4.98. The molecule has 1 N–H and O–H groups in total. The largest absolute Gasteiger partial charge is 0.342 e. The second kappa shape index (κ2) is 5.96. The molecule has 104 valence electrons. The number of hydrogen-bond acceptors (Lipinski definition) is 5. The van der Waals surface area contributed by atoms with Crippen LogP contribution in [0.25, 0.3) is 11.4 Å². The van der Waals surface area contributed by atoms with Crippen molar-refractivity contribution in [2.24, 2.45) is 0 Å². The first-order valence-electron chi connectivity index (χ1n) is 6.40. The summed E-state index contributed by atoms with van der Waals surface area (Å²) in [5.74, 6) is -0.0984. The van der Waals surface area contributed by atoms with E-state index in [1.807, 2.05) is 48.5 Å². The lowest BCUT2D eigenvalue weighted by Gasteiger charge is -2.00. The smallest absolute Gasteiger partial charge is 0.316 e. The van der Waals surface area contributed by atoms with Crippen molar-refractivity contribution in [3.05, 3.63) is 66.3 Å². The number of benzene rings is 1. The Morgan fingerprint density at radius 1 is 1.10 bits per heavy atom. The highest BCUT2D eigenvalue weighted by atomic mass is 16.5. The molecule has 2 aromatic heterocycles. The van der Waals surface area contributed by atoms with Crippen molar-refractivity contribution in [1.29, 1.82) is 0 Å². The standard InChI is InChI=1S/C15H12N4O2/c20-14(17-10-12-8-4-5-9-16-12)15-18-13(19-21-15)11-6-2-1-3-7-11/h1-9H,10H2,(H,17,20). The van der Waals surface area contributed by atoms with Gasteiger partial charge in [-0.15, -0.1) is 0 Å². The number of nitrogens with zero attached hydrogens (tertiary/aromatic N) is 3. The van der Waals surface area contributed by atoms with E-state index in [0.29, 0.717) is 12.4 Å². The fourth-order valence-electron chi connectivity index (χ4n) is 1.77. The van der Waals surface area contributed by atoms with Crippen LogP contribution in [0.2, 0.25) is 0 Å². The van der Waals surface area contributed by atoms with E-state index in [9.17, 15) is 4.79 Å². The third-order valence-corrected chi connectivity index (χ3v) is 2.81. The van der Waals surface area contributed by atoms with Crippen LogP contribution in [0.5, 0.6) is 0 Å². The van der Waals surface area contributed by atoms with Gasteiger partial charge in [0.2, 0.25) is 5.82 Å². The second-order valence-corrected chi connectivity index (χ2v) is 4.29. The molecular formula is C15H12N4O2. The molecule has 0 bridgehead atoms. The van der Waals surface area contributed by atoms with Gasteiger partial charge in [0.25, 0.3) is 0 Å². The number of rotatable bonds is 4. The topological polar surface area (TPSA) is 80.9 Å². The SMILES string of the molecule is O=C(NCc1ccccn1)c1nc(-c2ccccc2)no1. The average Bonchev–Trinajstić information content (AvgIpc) is 3.04. The normalized spacial score (nSPS) is 10.3. The number of carbonyl (C=O) groups excluding carboxylic acids is 1. The summed E-state index contributed by atoms with van der Waals surface area (Å²) in [5.41, 5.74) is 1.55. The lowest BCUT2D eigenvalue weighted by atomic mass is 10.2. The molecule has 0 aliphatic heterocycles. The molecule has 0 atom stereocenters. The number of aromatic nitrogens is 3. The maximum atomic E-state index is 11.9. The molecule has 2 heterocycles. The first-order valence-corrected chi connectivity index (χ1v) is 6.40. The van der Waals surface area contributed by atoms with Gasteiger partial charge in [-0.3, -0.25) is 9.78 Å². The van der Waals surface area contributed by atoms with Crippen LogP contribution in [0.4, 0.5) is 0 Å².